The van der Waals surface area contributed by atoms with Crippen molar-refractivity contribution in [2.24, 2.45) is 5.84 Å². The van der Waals surface area contributed by atoms with Crippen molar-refractivity contribution in [2.45, 2.75) is 43.7 Å². The van der Waals surface area contributed by atoms with Crippen molar-refractivity contribution < 1.29 is 13.5 Å². The summed E-state index contributed by atoms with van der Waals surface area (Å²) in [6, 6.07) is 3.69. The molecule has 19 heavy (non-hydrogen) atoms. The van der Waals surface area contributed by atoms with E-state index in [4.69, 9.17) is 10.6 Å². The first-order chi connectivity index (χ1) is 9.10. The van der Waals surface area contributed by atoms with Gasteiger partial charge in [0.25, 0.3) is 0 Å². The van der Waals surface area contributed by atoms with Gasteiger partial charge in [0.15, 0.2) is 0 Å². The lowest BCUT2D eigenvalue weighted by molar-refractivity contribution is -0.0835. The summed E-state index contributed by atoms with van der Waals surface area (Å²) in [5, 5.41) is 0. The van der Waals surface area contributed by atoms with E-state index in [0.717, 1.165) is 19.3 Å². The van der Waals surface area contributed by atoms with Crippen LogP contribution in [0.3, 0.4) is 0 Å². The van der Waals surface area contributed by atoms with Crippen LogP contribution in [0, 0.1) is 11.6 Å². The molecule has 0 aromatic heterocycles. The Labute approximate surface area is 112 Å². The van der Waals surface area contributed by atoms with Crippen LogP contribution < -0.4 is 11.3 Å². The van der Waals surface area contributed by atoms with Crippen LogP contribution in [-0.2, 0) is 11.2 Å². The highest BCUT2D eigenvalue weighted by Gasteiger charge is 2.39. The standard InChI is InChI=1S/C14H20F2N2O/c1-19-14(6-3-7-14)9-10(18-17)8-11-12(15)4-2-5-13(11)16/h2,4-5,10,18H,3,6-9,17H2,1H3. The van der Waals surface area contributed by atoms with Crippen LogP contribution in [-0.4, -0.2) is 18.8 Å². The maximum absolute atomic E-state index is 13.6. The second-order valence-corrected chi connectivity index (χ2v) is 5.21. The summed E-state index contributed by atoms with van der Waals surface area (Å²) in [5.41, 5.74) is 2.55. The highest BCUT2D eigenvalue weighted by atomic mass is 19.1. The van der Waals surface area contributed by atoms with Crippen LogP contribution in [0.2, 0.25) is 0 Å². The number of hydrogen-bond acceptors (Lipinski definition) is 3. The lowest BCUT2D eigenvalue weighted by Crippen LogP contribution is -2.48. The number of rotatable bonds is 6. The van der Waals surface area contributed by atoms with Gasteiger partial charge in [0, 0.05) is 18.7 Å². The predicted molar refractivity (Wildman–Crippen MR) is 69.4 cm³/mol. The monoisotopic (exact) mass is 270 g/mol. The number of hydrazine groups is 1. The van der Waals surface area contributed by atoms with E-state index in [2.05, 4.69) is 5.43 Å². The number of methoxy groups -OCH3 is 1. The molecule has 3 N–H and O–H groups in total. The van der Waals surface area contributed by atoms with Gasteiger partial charge >= 0.3 is 0 Å². The molecule has 106 valence electrons. The minimum atomic E-state index is -0.527. The van der Waals surface area contributed by atoms with Gasteiger partial charge in [-0.05, 0) is 44.2 Å². The zero-order chi connectivity index (χ0) is 13.9. The van der Waals surface area contributed by atoms with Crippen molar-refractivity contribution in [3.63, 3.8) is 0 Å². The van der Waals surface area contributed by atoms with Crippen molar-refractivity contribution >= 4 is 0 Å². The molecule has 1 aliphatic carbocycles. The zero-order valence-electron chi connectivity index (χ0n) is 11.1. The van der Waals surface area contributed by atoms with Crippen molar-refractivity contribution in [1.29, 1.82) is 0 Å². The molecule has 1 aliphatic rings. The minimum absolute atomic E-state index is 0.0797. The predicted octanol–water partition coefficient (Wildman–Crippen LogP) is 2.30. The van der Waals surface area contributed by atoms with Crippen molar-refractivity contribution in [1.82, 2.24) is 5.43 Å². The van der Waals surface area contributed by atoms with Crippen molar-refractivity contribution in [3.05, 3.63) is 35.4 Å². The summed E-state index contributed by atoms with van der Waals surface area (Å²) >= 11 is 0. The summed E-state index contributed by atoms with van der Waals surface area (Å²) in [6.07, 6.45) is 3.95. The largest absolute Gasteiger partial charge is 0.378 e. The molecule has 1 aromatic carbocycles. The SMILES string of the molecule is COC1(CC(Cc2c(F)cccc2F)NN)CCC1. The number of halogens is 2. The number of nitrogens with one attached hydrogen (secondary N) is 1. The Kier molecular flexibility index (Phi) is 4.50. The molecule has 0 heterocycles. The summed E-state index contributed by atoms with van der Waals surface area (Å²) in [7, 11) is 1.68. The molecule has 0 radical (unpaired) electrons. The van der Waals surface area contributed by atoms with Crippen LogP contribution in [0.5, 0.6) is 0 Å². The number of benzene rings is 1. The van der Waals surface area contributed by atoms with E-state index in [9.17, 15) is 8.78 Å². The Bertz CT molecular complexity index is 410. The van der Waals surface area contributed by atoms with E-state index in [1.807, 2.05) is 0 Å². The highest BCUT2D eigenvalue weighted by Crippen LogP contribution is 2.39. The molecule has 0 saturated heterocycles. The van der Waals surface area contributed by atoms with Gasteiger partial charge in [-0.3, -0.25) is 11.3 Å². The third-order valence-corrected chi connectivity index (χ3v) is 4.06. The van der Waals surface area contributed by atoms with Gasteiger partial charge in [-0.15, -0.1) is 0 Å². The molecule has 2 rings (SSSR count). The first-order valence-corrected chi connectivity index (χ1v) is 6.54. The summed E-state index contributed by atoms with van der Waals surface area (Å²) in [5.74, 6) is 4.46. The molecule has 3 nitrogen and oxygen atoms in total. The van der Waals surface area contributed by atoms with Crippen molar-refractivity contribution in [3.8, 4) is 0 Å². The third-order valence-electron chi connectivity index (χ3n) is 4.06. The topological polar surface area (TPSA) is 47.3 Å². The van der Waals surface area contributed by atoms with E-state index >= 15 is 0 Å². The molecule has 1 atom stereocenters. The second kappa shape index (κ2) is 5.94. The van der Waals surface area contributed by atoms with Crippen LogP contribution >= 0.6 is 0 Å². The number of ether oxygens (including phenoxy) is 1. The fourth-order valence-electron chi connectivity index (χ4n) is 2.68. The van der Waals surface area contributed by atoms with E-state index in [-0.39, 0.29) is 23.6 Å². The Morgan fingerprint density at radius 2 is 2.00 bits per heavy atom. The van der Waals surface area contributed by atoms with E-state index in [0.29, 0.717) is 6.42 Å². The lowest BCUT2D eigenvalue weighted by Gasteiger charge is -2.42. The fourth-order valence-corrected chi connectivity index (χ4v) is 2.68. The molecular weight excluding hydrogens is 250 g/mol. The smallest absolute Gasteiger partial charge is 0.129 e. The van der Waals surface area contributed by atoms with Gasteiger partial charge < -0.3 is 4.74 Å². The van der Waals surface area contributed by atoms with E-state index in [1.165, 1.54) is 18.2 Å². The fraction of sp³-hybridized carbons (Fsp3) is 0.571. The minimum Gasteiger partial charge on any atom is -0.378 e. The van der Waals surface area contributed by atoms with Gasteiger partial charge in [-0.1, -0.05) is 6.07 Å². The molecule has 0 spiro atoms. The van der Waals surface area contributed by atoms with Crippen LogP contribution in [0.25, 0.3) is 0 Å². The highest BCUT2D eigenvalue weighted by molar-refractivity contribution is 5.21. The van der Waals surface area contributed by atoms with Crippen molar-refractivity contribution in [2.75, 3.05) is 7.11 Å². The Morgan fingerprint density at radius 1 is 1.37 bits per heavy atom. The molecule has 5 heteroatoms. The van der Waals surface area contributed by atoms with E-state index in [1.54, 1.807) is 7.11 Å². The zero-order valence-corrected chi connectivity index (χ0v) is 11.1. The second-order valence-electron chi connectivity index (χ2n) is 5.21. The quantitative estimate of drug-likeness (QED) is 0.616. The first-order valence-electron chi connectivity index (χ1n) is 6.54. The normalized spacial score (nSPS) is 18.9. The molecule has 0 amide bonds. The maximum atomic E-state index is 13.6. The molecular formula is C14H20F2N2O. The summed E-state index contributed by atoms with van der Waals surface area (Å²) in [4.78, 5) is 0. The molecule has 0 bridgehead atoms. The van der Waals surface area contributed by atoms with Gasteiger partial charge in [0.1, 0.15) is 11.6 Å². The average Bonchev–Trinajstić information content (AvgIpc) is 2.36. The van der Waals surface area contributed by atoms with Crippen LogP contribution in [0.15, 0.2) is 18.2 Å². The number of hydrogen-bond donors (Lipinski definition) is 2. The van der Waals surface area contributed by atoms with Gasteiger partial charge in [0.2, 0.25) is 0 Å². The van der Waals surface area contributed by atoms with Gasteiger partial charge in [0.05, 0.1) is 5.60 Å². The molecule has 1 saturated carbocycles. The molecule has 1 unspecified atom stereocenters. The van der Waals surface area contributed by atoms with Crippen LogP contribution in [0.4, 0.5) is 8.78 Å². The van der Waals surface area contributed by atoms with Gasteiger partial charge in [-0.2, -0.15) is 0 Å². The maximum Gasteiger partial charge on any atom is 0.129 e. The third kappa shape index (κ3) is 3.11. The lowest BCUT2D eigenvalue weighted by atomic mass is 9.75. The summed E-state index contributed by atoms with van der Waals surface area (Å²) < 4.78 is 32.8. The molecule has 0 aliphatic heterocycles. The Balaban J connectivity index is 2.07. The Morgan fingerprint density at radius 3 is 2.42 bits per heavy atom. The van der Waals surface area contributed by atoms with E-state index < -0.39 is 11.6 Å². The number of nitrogens with two attached hydrogens (primary N) is 1. The van der Waals surface area contributed by atoms with Crippen LogP contribution in [0.1, 0.15) is 31.2 Å². The molecule has 1 aromatic rings. The molecule has 1 fully saturated rings. The summed E-state index contributed by atoms with van der Waals surface area (Å²) in [6.45, 7) is 0. The first kappa shape index (κ1) is 14.4. The van der Waals surface area contributed by atoms with Gasteiger partial charge in [-0.25, -0.2) is 8.78 Å². The Hall–Kier alpha value is -1.04. The average molecular weight is 270 g/mol.